The van der Waals surface area contributed by atoms with E-state index in [4.69, 9.17) is 0 Å². The molecule has 1 N–H and O–H groups in total. The number of piperidine rings is 1. The largest absolute Gasteiger partial charge is 0.372 e. The maximum absolute atomic E-state index is 13.6. The molecule has 35 heavy (non-hydrogen) atoms. The van der Waals surface area contributed by atoms with Gasteiger partial charge in [-0.15, -0.1) is 0 Å². The van der Waals surface area contributed by atoms with Gasteiger partial charge in [-0.3, -0.25) is 19.5 Å². The molecule has 0 spiro atoms. The zero-order valence-corrected chi connectivity index (χ0v) is 20.3. The lowest BCUT2D eigenvalue weighted by molar-refractivity contribution is -0.137. The van der Waals surface area contributed by atoms with Gasteiger partial charge in [-0.25, -0.2) is 0 Å². The van der Waals surface area contributed by atoms with Gasteiger partial charge in [-0.2, -0.15) is 0 Å². The Kier molecular flexibility index (Phi) is 6.36. The molecule has 2 aromatic carbocycles. The fraction of sp³-hybridized carbons (Fsp3) is 0.276. The second kappa shape index (κ2) is 9.74. The van der Waals surface area contributed by atoms with Crippen molar-refractivity contribution in [1.29, 1.82) is 0 Å². The number of carbonyl (C=O) groups is 2. The molecule has 0 saturated carbocycles. The number of anilines is 2. The van der Waals surface area contributed by atoms with Gasteiger partial charge in [0.25, 0.3) is 11.8 Å². The molecule has 0 bridgehead atoms. The van der Waals surface area contributed by atoms with Crippen LogP contribution in [-0.4, -0.2) is 34.8 Å². The van der Waals surface area contributed by atoms with Crippen LogP contribution in [0.5, 0.6) is 0 Å². The summed E-state index contributed by atoms with van der Waals surface area (Å²) >= 11 is 0. The van der Waals surface area contributed by atoms with Crippen LogP contribution in [0, 0.1) is 13.8 Å². The third kappa shape index (κ3) is 4.69. The summed E-state index contributed by atoms with van der Waals surface area (Å²) in [6.07, 6.45) is 7.08. The van der Waals surface area contributed by atoms with Crippen molar-refractivity contribution < 1.29 is 9.59 Å². The molecule has 6 nitrogen and oxygen atoms in total. The van der Waals surface area contributed by atoms with Crippen LogP contribution in [0.15, 0.2) is 72.7 Å². The van der Waals surface area contributed by atoms with Crippen molar-refractivity contribution in [3.63, 3.8) is 0 Å². The molecule has 0 radical (unpaired) electrons. The highest BCUT2D eigenvalue weighted by atomic mass is 16.2. The summed E-state index contributed by atoms with van der Waals surface area (Å²) in [4.78, 5) is 34.9. The van der Waals surface area contributed by atoms with Crippen molar-refractivity contribution in [2.24, 2.45) is 0 Å². The van der Waals surface area contributed by atoms with Crippen molar-refractivity contribution >= 4 is 28.8 Å². The molecule has 1 saturated heterocycles. The number of carbonyl (C=O) groups excluding carboxylic acids is 2. The van der Waals surface area contributed by atoms with Gasteiger partial charge in [0.2, 0.25) is 0 Å². The first-order valence-corrected chi connectivity index (χ1v) is 12.2. The highest BCUT2D eigenvalue weighted by molar-refractivity contribution is 6.36. The normalized spacial score (nSPS) is 16.3. The predicted octanol–water partition coefficient (Wildman–Crippen LogP) is 5.08. The van der Waals surface area contributed by atoms with Gasteiger partial charge in [0.05, 0.1) is 12.1 Å². The first-order chi connectivity index (χ1) is 17.0. The van der Waals surface area contributed by atoms with Gasteiger partial charge < -0.3 is 10.2 Å². The zero-order valence-electron chi connectivity index (χ0n) is 20.3. The highest BCUT2D eigenvalue weighted by Gasteiger charge is 2.39. The van der Waals surface area contributed by atoms with Gasteiger partial charge in [0.15, 0.2) is 0 Å². The van der Waals surface area contributed by atoms with Crippen LogP contribution in [0.3, 0.4) is 0 Å². The zero-order chi connectivity index (χ0) is 24.4. The predicted molar refractivity (Wildman–Crippen MR) is 139 cm³/mol. The minimum atomic E-state index is -0.327. The van der Waals surface area contributed by atoms with E-state index in [1.807, 2.05) is 50.2 Å². The Hall–Kier alpha value is -3.93. The Morgan fingerprint density at radius 2 is 1.66 bits per heavy atom. The van der Waals surface area contributed by atoms with E-state index >= 15 is 0 Å². The van der Waals surface area contributed by atoms with E-state index < -0.39 is 0 Å². The summed E-state index contributed by atoms with van der Waals surface area (Å²) in [7, 11) is 0. The summed E-state index contributed by atoms with van der Waals surface area (Å²) in [5.41, 5.74) is 6.45. The molecule has 0 atom stereocenters. The van der Waals surface area contributed by atoms with E-state index in [9.17, 15) is 9.59 Å². The van der Waals surface area contributed by atoms with Gasteiger partial charge in [-0.05, 0) is 85.7 Å². The standard InChI is InChI=1S/C29H30N4O2/c1-20-8-9-23(17-21(20)2)26-27(29(35)33(28(26)34)19-22-7-6-14-30-18-22)31-24-10-12-25(13-11-24)32-15-4-3-5-16-32/h6-14,17-18,31H,3-5,15-16,19H2,1-2H3. The molecule has 5 rings (SSSR count). The monoisotopic (exact) mass is 466 g/mol. The second-order valence-corrected chi connectivity index (χ2v) is 9.33. The van der Waals surface area contributed by atoms with E-state index in [0.29, 0.717) is 11.3 Å². The number of nitrogens with zero attached hydrogens (tertiary/aromatic N) is 3. The summed E-state index contributed by atoms with van der Waals surface area (Å²) in [5.74, 6) is -0.623. The Bertz CT molecular complexity index is 1280. The maximum Gasteiger partial charge on any atom is 0.278 e. The number of aryl methyl sites for hydroxylation is 2. The molecule has 2 amide bonds. The van der Waals surface area contributed by atoms with Gasteiger partial charge in [0.1, 0.15) is 5.70 Å². The number of benzene rings is 2. The lowest BCUT2D eigenvalue weighted by Crippen LogP contribution is -2.32. The number of imide groups is 1. The molecule has 2 aliphatic rings. The van der Waals surface area contributed by atoms with Crippen LogP contribution in [-0.2, 0) is 16.1 Å². The minimum absolute atomic E-state index is 0.179. The summed E-state index contributed by atoms with van der Waals surface area (Å²) < 4.78 is 0. The van der Waals surface area contributed by atoms with E-state index in [1.165, 1.54) is 29.8 Å². The third-order valence-electron chi connectivity index (χ3n) is 6.88. The molecule has 0 unspecified atom stereocenters. The van der Waals surface area contributed by atoms with Crippen molar-refractivity contribution in [1.82, 2.24) is 9.88 Å². The number of hydrogen-bond donors (Lipinski definition) is 1. The fourth-order valence-corrected chi connectivity index (χ4v) is 4.73. The molecular weight excluding hydrogens is 436 g/mol. The molecule has 2 aliphatic heterocycles. The van der Waals surface area contributed by atoms with Crippen LogP contribution in [0.1, 0.15) is 41.5 Å². The first-order valence-electron chi connectivity index (χ1n) is 12.2. The lowest BCUT2D eigenvalue weighted by atomic mass is 9.99. The topological polar surface area (TPSA) is 65.5 Å². The molecule has 178 valence electrons. The number of hydrogen-bond acceptors (Lipinski definition) is 5. The van der Waals surface area contributed by atoms with Crippen molar-refractivity contribution in [2.45, 2.75) is 39.7 Å². The fourth-order valence-electron chi connectivity index (χ4n) is 4.73. The van der Waals surface area contributed by atoms with Crippen molar-refractivity contribution in [3.8, 4) is 0 Å². The van der Waals surface area contributed by atoms with E-state index in [-0.39, 0.29) is 18.4 Å². The van der Waals surface area contributed by atoms with Crippen molar-refractivity contribution in [2.75, 3.05) is 23.3 Å². The average molecular weight is 467 g/mol. The minimum Gasteiger partial charge on any atom is -0.372 e. The highest BCUT2D eigenvalue weighted by Crippen LogP contribution is 2.33. The number of pyridine rings is 1. The van der Waals surface area contributed by atoms with E-state index in [1.54, 1.807) is 18.5 Å². The molecule has 6 heteroatoms. The van der Waals surface area contributed by atoms with Crippen LogP contribution >= 0.6 is 0 Å². The van der Waals surface area contributed by atoms with Gasteiger partial charge in [0, 0.05) is 36.9 Å². The van der Waals surface area contributed by atoms with Crippen LogP contribution in [0.4, 0.5) is 11.4 Å². The number of aromatic nitrogens is 1. The van der Waals surface area contributed by atoms with Crippen LogP contribution < -0.4 is 10.2 Å². The van der Waals surface area contributed by atoms with Crippen LogP contribution in [0.2, 0.25) is 0 Å². The second-order valence-electron chi connectivity index (χ2n) is 9.33. The summed E-state index contributed by atoms with van der Waals surface area (Å²) in [6.45, 7) is 6.38. The Labute approximate surface area is 206 Å². The van der Waals surface area contributed by atoms with Crippen LogP contribution in [0.25, 0.3) is 5.57 Å². The maximum atomic E-state index is 13.6. The molecule has 3 heterocycles. The molecular formula is C29H30N4O2. The van der Waals surface area contributed by atoms with E-state index in [0.717, 1.165) is 41.0 Å². The smallest absolute Gasteiger partial charge is 0.278 e. The Morgan fingerprint density at radius 1 is 0.886 bits per heavy atom. The Balaban J connectivity index is 1.47. The van der Waals surface area contributed by atoms with Gasteiger partial charge in [-0.1, -0.05) is 24.3 Å². The number of rotatable bonds is 6. The summed E-state index contributed by atoms with van der Waals surface area (Å²) in [6, 6.07) is 17.7. The average Bonchev–Trinajstić information content (AvgIpc) is 3.11. The number of amides is 2. The molecule has 3 aromatic rings. The van der Waals surface area contributed by atoms with Gasteiger partial charge >= 0.3 is 0 Å². The summed E-state index contributed by atoms with van der Waals surface area (Å²) in [5, 5.41) is 3.28. The lowest BCUT2D eigenvalue weighted by Gasteiger charge is -2.28. The quantitative estimate of drug-likeness (QED) is 0.513. The third-order valence-corrected chi connectivity index (χ3v) is 6.88. The first kappa shape index (κ1) is 22.8. The van der Waals surface area contributed by atoms with Crippen molar-refractivity contribution in [3.05, 3.63) is 94.9 Å². The molecule has 1 aromatic heterocycles. The molecule has 1 fully saturated rings. The Morgan fingerprint density at radius 3 is 2.34 bits per heavy atom. The van der Waals surface area contributed by atoms with E-state index in [2.05, 4.69) is 27.3 Å². The molecule has 0 aliphatic carbocycles. The number of nitrogens with one attached hydrogen (secondary N) is 1. The SMILES string of the molecule is Cc1ccc(C2=C(Nc3ccc(N4CCCCC4)cc3)C(=O)N(Cc3cccnc3)C2=O)cc1C.